The fourth-order valence-electron chi connectivity index (χ4n) is 0.422. The molecule has 0 amide bonds. The van der Waals surface area contributed by atoms with Crippen molar-refractivity contribution < 1.29 is 19.4 Å². The van der Waals surface area contributed by atoms with Crippen LogP contribution in [0.15, 0.2) is 0 Å². The zero-order valence-corrected chi connectivity index (χ0v) is 5.74. The van der Waals surface area contributed by atoms with Gasteiger partial charge in [0.1, 0.15) is 12.2 Å². The van der Waals surface area contributed by atoms with Crippen LogP contribution in [0.4, 0.5) is 0 Å². The number of rotatable bonds is 4. The molecule has 0 aromatic heterocycles. The number of aliphatic hydroxyl groups excluding tert-OH is 1. The van der Waals surface area contributed by atoms with E-state index in [1.54, 1.807) is 6.92 Å². The summed E-state index contributed by atoms with van der Waals surface area (Å²) >= 11 is 0. The molecule has 0 saturated heterocycles. The number of hydrogen-bond acceptors (Lipinski definition) is 4. The van der Waals surface area contributed by atoms with Crippen LogP contribution in [0.2, 0.25) is 0 Å². The summed E-state index contributed by atoms with van der Waals surface area (Å²) in [6.07, 6.45) is 0.373. The number of carbonyl (C=O) groups is 2. The summed E-state index contributed by atoms with van der Waals surface area (Å²) < 4.78 is 4.46. The highest BCUT2D eigenvalue weighted by molar-refractivity contribution is 5.87. The molecule has 0 fully saturated rings. The van der Waals surface area contributed by atoms with Crippen LogP contribution in [-0.2, 0) is 14.3 Å². The third-order valence-electron chi connectivity index (χ3n) is 0.950. The largest absolute Gasteiger partial charge is 0.465 e. The minimum atomic E-state index is -1.01. The van der Waals surface area contributed by atoms with Crippen LogP contribution in [0.1, 0.15) is 6.92 Å². The summed E-state index contributed by atoms with van der Waals surface area (Å²) in [5, 5.41) is 8.39. The van der Waals surface area contributed by atoms with Crippen LogP contribution >= 0.6 is 0 Å². The van der Waals surface area contributed by atoms with Crippen molar-refractivity contribution in [2.45, 2.75) is 6.92 Å². The Labute approximate surface area is 58.8 Å². The zero-order valence-electron chi connectivity index (χ0n) is 5.74. The number of ether oxygens (including phenoxy) is 1. The predicted octanol–water partition coefficient (Wildman–Crippen LogP) is -0.643. The Balaban J connectivity index is 3.76. The molecule has 0 saturated carbocycles. The molecule has 0 aliphatic carbocycles. The van der Waals surface area contributed by atoms with Gasteiger partial charge in [-0.15, -0.1) is 0 Å². The average Bonchev–Trinajstić information content (AvgIpc) is 1.91. The minimum absolute atomic E-state index is 0.225. The fourth-order valence-corrected chi connectivity index (χ4v) is 0.422. The number of aldehydes is 1. The summed E-state index contributed by atoms with van der Waals surface area (Å²) in [5.74, 6) is -1.68. The fraction of sp³-hybridized carbons (Fsp3) is 0.667. The Morgan fingerprint density at radius 1 is 1.80 bits per heavy atom. The molecule has 0 radical (unpaired) electrons. The van der Waals surface area contributed by atoms with E-state index in [9.17, 15) is 9.59 Å². The first-order chi connectivity index (χ1) is 4.76. The maximum atomic E-state index is 10.6. The van der Waals surface area contributed by atoms with Crippen LogP contribution in [-0.4, -0.2) is 30.6 Å². The summed E-state index contributed by atoms with van der Waals surface area (Å²) in [7, 11) is 0. The molecular weight excluding hydrogens is 136 g/mol. The maximum Gasteiger partial charge on any atom is 0.318 e. The van der Waals surface area contributed by atoms with Crippen molar-refractivity contribution >= 4 is 12.3 Å². The quantitative estimate of drug-likeness (QED) is 0.325. The molecule has 4 heteroatoms. The Bertz CT molecular complexity index is 121. The lowest BCUT2D eigenvalue weighted by atomic mass is 10.2. The lowest BCUT2D eigenvalue weighted by molar-refractivity contribution is -0.150. The standard InChI is InChI=1S/C6H10O4/c1-2-10-6(9)5(3-7)4-8/h3,5,8H,2,4H2,1H3. The molecule has 1 atom stereocenters. The number of aliphatic hydroxyl groups is 1. The molecule has 0 aliphatic heterocycles. The third-order valence-corrected chi connectivity index (χ3v) is 0.950. The van der Waals surface area contributed by atoms with Gasteiger partial charge in [-0.25, -0.2) is 0 Å². The molecule has 10 heavy (non-hydrogen) atoms. The van der Waals surface area contributed by atoms with Crippen LogP contribution in [0, 0.1) is 5.92 Å². The van der Waals surface area contributed by atoms with Gasteiger partial charge in [0.25, 0.3) is 0 Å². The van der Waals surface area contributed by atoms with Gasteiger partial charge in [0.15, 0.2) is 0 Å². The van der Waals surface area contributed by atoms with Crippen LogP contribution in [0.25, 0.3) is 0 Å². The Morgan fingerprint density at radius 2 is 2.40 bits per heavy atom. The molecule has 0 spiro atoms. The monoisotopic (exact) mass is 146 g/mol. The second kappa shape index (κ2) is 4.93. The molecule has 0 aromatic rings. The zero-order chi connectivity index (χ0) is 7.98. The molecule has 0 bridgehead atoms. The van der Waals surface area contributed by atoms with E-state index in [-0.39, 0.29) is 6.61 Å². The van der Waals surface area contributed by atoms with Crippen LogP contribution < -0.4 is 0 Å². The molecule has 0 aromatic carbocycles. The first-order valence-electron chi connectivity index (χ1n) is 2.99. The van der Waals surface area contributed by atoms with E-state index in [0.29, 0.717) is 6.29 Å². The maximum absolute atomic E-state index is 10.6. The Hall–Kier alpha value is -0.900. The Morgan fingerprint density at radius 3 is 2.70 bits per heavy atom. The van der Waals surface area contributed by atoms with Gasteiger partial charge in [-0.3, -0.25) is 4.79 Å². The first-order valence-corrected chi connectivity index (χ1v) is 2.99. The van der Waals surface area contributed by atoms with Gasteiger partial charge in [0.05, 0.1) is 13.2 Å². The van der Waals surface area contributed by atoms with Crippen molar-refractivity contribution in [1.82, 2.24) is 0 Å². The molecule has 58 valence electrons. The summed E-state index contributed by atoms with van der Waals surface area (Å²) in [4.78, 5) is 20.6. The minimum Gasteiger partial charge on any atom is -0.465 e. The Kier molecular flexibility index (Phi) is 4.49. The summed E-state index contributed by atoms with van der Waals surface area (Å²) in [5.41, 5.74) is 0. The summed E-state index contributed by atoms with van der Waals surface area (Å²) in [6.45, 7) is 1.38. The van der Waals surface area contributed by atoms with E-state index in [2.05, 4.69) is 4.74 Å². The molecular formula is C6H10O4. The van der Waals surface area contributed by atoms with E-state index in [4.69, 9.17) is 5.11 Å². The normalized spacial score (nSPS) is 12.2. The van der Waals surface area contributed by atoms with E-state index >= 15 is 0 Å². The lowest BCUT2D eigenvalue weighted by Crippen LogP contribution is -2.22. The second-order valence-corrected chi connectivity index (χ2v) is 1.68. The van der Waals surface area contributed by atoms with Gasteiger partial charge >= 0.3 is 5.97 Å². The van der Waals surface area contributed by atoms with Gasteiger partial charge < -0.3 is 14.6 Å². The molecule has 1 N–H and O–H groups in total. The molecule has 0 aliphatic rings. The summed E-state index contributed by atoms with van der Waals surface area (Å²) in [6, 6.07) is 0. The average molecular weight is 146 g/mol. The smallest absolute Gasteiger partial charge is 0.318 e. The van der Waals surface area contributed by atoms with Gasteiger partial charge in [-0.1, -0.05) is 0 Å². The van der Waals surface area contributed by atoms with Crippen LogP contribution in [0.3, 0.4) is 0 Å². The van der Waals surface area contributed by atoms with E-state index in [1.165, 1.54) is 0 Å². The van der Waals surface area contributed by atoms with Crippen molar-refractivity contribution in [2.24, 2.45) is 5.92 Å². The van der Waals surface area contributed by atoms with E-state index < -0.39 is 18.5 Å². The third kappa shape index (κ3) is 2.59. The van der Waals surface area contributed by atoms with Crippen LogP contribution in [0.5, 0.6) is 0 Å². The van der Waals surface area contributed by atoms with Gasteiger partial charge in [-0.05, 0) is 6.92 Å². The van der Waals surface area contributed by atoms with Crippen molar-refractivity contribution in [3.05, 3.63) is 0 Å². The number of hydrogen-bond donors (Lipinski definition) is 1. The van der Waals surface area contributed by atoms with Gasteiger partial charge in [0.2, 0.25) is 0 Å². The highest BCUT2D eigenvalue weighted by Gasteiger charge is 2.16. The van der Waals surface area contributed by atoms with Crippen molar-refractivity contribution in [2.75, 3.05) is 13.2 Å². The van der Waals surface area contributed by atoms with Crippen molar-refractivity contribution in [1.29, 1.82) is 0 Å². The number of carbonyl (C=O) groups excluding carboxylic acids is 2. The molecule has 0 rings (SSSR count). The predicted molar refractivity (Wildman–Crippen MR) is 33.3 cm³/mol. The van der Waals surface area contributed by atoms with E-state index in [0.717, 1.165) is 0 Å². The SMILES string of the molecule is CCOC(=O)C(C=O)CO. The molecule has 0 heterocycles. The highest BCUT2D eigenvalue weighted by Crippen LogP contribution is 1.93. The van der Waals surface area contributed by atoms with Crippen molar-refractivity contribution in [3.63, 3.8) is 0 Å². The molecule has 4 nitrogen and oxygen atoms in total. The van der Waals surface area contributed by atoms with Gasteiger partial charge in [0, 0.05) is 0 Å². The second-order valence-electron chi connectivity index (χ2n) is 1.68. The van der Waals surface area contributed by atoms with E-state index in [1.807, 2.05) is 0 Å². The first kappa shape index (κ1) is 9.10. The van der Waals surface area contributed by atoms with Crippen molar-refractivity contribution in [3.8, 4) is 0 Å². The lowest BCUT2D eigenvalue weighted by Gasteiger charge is -2.04. The topological polar surface area (TPSA) is 63.6 Å². The van der Waals surface area contributed by atoms with Gasteiger partial charge in [-0.2, -0.15) is 0 Å². The highest BCUT2D eigenvalue weighted by atomic mass is 16.5. The molecule has 1 unspecified atom stereocenters. The number of esters is 1.